The molecule has 0 spiro atoms. The van der Waals surface area contributed by atoms with Crippen LogP contribution in [0.4, 0.5) is 11.4 Å². The summed E-state index contributed by atoms with van der Waals surface area (Å²) >= 11 is 6.18. The fraction of sp³-hybridized carbons (Fsp3) is 0.478. The van der Waals surface area contributed by atoms with Crippen molar-refractivity contribution in [3.63, 3.8) is 0 Å². The van der Waals surface area contributed by atoms with E-state index in [0.29, 0.717) is 6.04 Å². The van der Waals surface area contributed by atoms with Crippen molar-refractivity contribution in [2.75, 3.05) is 31.1 Å². The van der Waals surface area contributed by atoms with Gasteiger partial charge in [0, 0.05) is 34.1 Å². The third-order valence-corrected chi connectivity index (χ3v) is 6.26. The van der Waals surface area contributed by atoms with Gasteiger partial charge >= 0.3 is 0 Å². The molecular weight excluding hydrogens is 386 g/mol. The van der Waals surface area contributed by atoms with Gasteiger partial charge in [-0.1, -0.05) is 43.4 Å². The molecule has 156 valence electrons. The molecular formula is C23H30ClN3O2. The average Bonchev–Trinajstić information content (AvgIpc) is 3.02. The predicted molar refractivity (Wildman–Crippen MR) is 119 cm³/mol. The first-order valence-electron chi connectivity index (χ1n) is 10.5. The van der Waals surface area contributed by atoms with Gasteiger partial charge in [0.25, 0.3) is 0 Å². The second-order valence-electron chi connectivity index (χ2n) is 7.83. The Kier molecular flexibility index (Phi) is 6.36. The normalized spacial score (nSPS) is 20.0. The van der Waals surface area contributed by atoms with Crippen molar-refractivity contribution >= 4 is 23.0 Å². The van der Waals surface area contributed by atoms with Gasteiger partial charge < -0.3 is 19.7 Å². The van der Waals surface area contributed by atoms with Gasteiger partial charge in [0.1, 0.15) is 6.17 Å². The van der Waals surface area contributed by atoms with Crippen molar-refractivity contribution in [1.82, 2.24) is 5.32 Å². The summed E-state index contributed by atoms with van der Waals surface area (Å²) in [5.74, 6) is 1.52. The molecule has 2 N–H and O–H groups in total. The molecule has 1 atom stereocenters. The molecule has 0 saturated heterocycles. The van der Waals surface area contributed by atoms with Gasteiger partial charge in [-0.2, -0.15) is 0 Å². The Balaban J connectivity index is 1.70. The van der Waals surface area contributed by atoms with Crippen LogP contribution in [0.15, 0.2) is 36.4 Å². The number of anilines is 2. The Hall–Kier alpha value is -2.11. The minimum atomic E-state index is -0.0368. The molecule has 1 unspecified atom stereocenters. The molecule has 0 radical (unpaired) electrons. The number of ether oxygens (including phenoxy) is 2. The van der Waals surface area contributed by atoms with E-state index in [0.717, 1.165) is 34.4 Å². The number of hydrogen-bond acceptors (Lipinski definition) is 5. The first kappa shape index (κ1) is 20.2. The SMILES string of the molecule is COc1cc2c(cc1OC)N(C1CCCCCC1)CNC2Nc1cccc(Cl)c1. The third kappa shape index (κ3) is 4.41. The van der Waals surface area contributed by atoms with Crippen LogP contribution in [0, 0.1) is 0 Å². The number of hydrogen-bond donors (Lipinski definition) is 2. The minimum Gasteiger partial charge on any atom is -0.493 e. The van der Waals surface area contributed by atoms with E-state index in [4.69, 9.17) is 21.1 Å². The lowest BCUT2D eigenvalue weighted by molar-refractivity contribution is 0.352. The molecule has 6 heteroatoms. The van der Waals surface area contributed by atoms with E-state index in [9.17, 15) is 0 Å². The van der Waals surface area contributed by atoms with Gasteiger partial charge in [-0.25, -0.2) is 0 Å². The minimum absolute atomic E-state index is 0.0368. The van der Waals surface area contributed by atoms with Gasteiger partial charge in [0.05, 0.1) is 20.9 Å². The molecule has 0 bridgehead atoms. The first-order chi connectivity index (χ1) is 14.2. The van der Waals surface area contributed by atoms with E-state index in [1.54, 1.807) is 14.2 Å². The lowest BCUT2D eigenvalue weighted by Gasteiger charge is -2.42. The van der Waals surface area contributed by atoms with Crippen LogP contribution in [-0.4, -0.2) is 26.9 Å². The van der Waals surface area contributed by atoms with E-state index in [1.165, 1.54) is 44.2 Å². The van der Waals surface area contributed by atoms with E-state index < -0.39 is 0 Å². The third-order valence-electron chi connectivity index (χ3n) is 6.02. The van der Waals surface area contributed by atoms with Crippen LogP contribution < -0.4 is 25.0 Å². The van der Waals surface area contributed by atoms with Crippen LogP contribution in [-0.2, 0) is 0 Å². The van der Waals surface area contributed by atoms with Crippen molar-refractivity contribution in [2.45, 2.75) is 50.7 Å². The zero-order valence-electron chi connectivity index (χ0n) is 17.2. The summed E-state index contributed by atoms with van der Waals surface area (Å²) in [5, 5.41) is 7.98. The molecule has 2 aliphatic rings. The fourth-order valence-electron chi connectivity index (χ4n) is 4.52. The van der Waals surface area contributed by atoms with Crippen LogP contribution in [0.25, 0.3) is 0 Å². The topological polar surface area (TPSA) is 45.8 Å². The van der Waals surface area contributed by atoms with Crippen molar-refractivity contribution in [1.29, 1.82) is 0 Å². The van der Waals surface area contributed by atoms with Gasteiger partial charge in [-0.15, -0.1) is 0 Å². The van der Waals surface area contributed by atoms with Gasteiger partial charge in [0.15, 0.2) is 11.5 Å². The smallest absolute Gasteiger partial charge is 0.162 e. The van der Waals surface area contributed by atoms with Crippen molar-refractivity contribution in [3.05, 3.63) is 47.0 Å². The van der Waals surface area contributed by atoms with Crippen molar-refractivity contribution in [2.24, 2.45) is 0 Å². The Morgan fingerprint density at radius 2 is 1.72 bits per heavy atom. The quantitative estimate of drug-likeness (QED) is 0.626. The molecule has 1 aliphatic heterocycles. The summed E-state index contributed by atoms with van der Waals surface area (Å²) in [6, 6.07) is 12.6. The van der Waals surface area contributed by atoms with Crippen LogP contribution in [0.2, 0.25) is 5.02 Å². The van der Waals surface area contributed by atoms with Crippen molar-refractivity contribution < 1.29 is 9.47 Å². The number of fused-ring (bicyclic) bond motifs is 1. The molecule has 1 saturated carbocycles. The summed E-state index contributed by atoms with van der Waals surface area (Å²) in [7, 11) is 3.38. The Morgan fingerprint density at radius 1 is 1.00 bits per heavy atom. The highest BCUT2D eigenvalue weighted by molar-refractivity contribution is 6.30. The van der Waals surface area contributed by atoms with E-state index in [2.05, 4.69) is 27.7 Å². The largest absolute Gasteiger partial charge is 0.493 e. The maximum atomic E-state index is 6.18. The zero-order chi connectivity index (χ0) is 20.2. The molecule has 0 aromatic heterocycles. The van der Waals surface area contributed by atoms with E-state index >= 15 is 0 Å². The molecule has 1 fully saturated rings. The number of benzene rings is 2. The van der Waals surface area contributed by atoms with Gasteiger partial charge in [-0.3, -0.25) is 5.32 Å². The number of nitrogens with one attached hydrogen (secondary N) is 2. The van der Waals surface area contributed by atoms with Gasteiger partial charge in [-0.05, 0) is 37.1 Å². The summed E-state index contributed by atoms with van der Waals surface area (Å²) in [6.45, 7) is 0.797. The predicted octanol–water partition coefficient (Wildman–Crippen LogP) is 5.56. The molecule has 0 amide bonds. The summed E-state index contributed by atoms with van der Waals surface area (Å²) in [4.78, 5) is 2.51. The molecule has 5 nitrogen and oxygen atoms in total. The zero-order valence-corrected chi connectivity index (χ0v) is 18.0. The Morgan fingerprint density at radius 3 is 2.41 bits per heavy atom. The number of rotatable bonds is 5. The number of methoxy groups -OCH3 is 2. The van der Waals surface area contributed by atoms with E-state index in [1.807, 2.05) is 24.3 Å². The van der Waals surface area contributed by atoms with E-state index in [-0.39, 0.29) is 6.17 Å². The summed E-state index contributed by atoms with van der Waals surface area (Å²) < 4.78 is 11.2. The maximum absolute atomic E-state index is 6.18. The van der Waals surface area contributed by atoms with Crippen LogP contribution in [0.3, 0.4) is 0 Å². The Labute approximate surface area is 178 Å². The summed E-state index contributed by atoms with van der Waals surface area (Å²) in [6.07, 6.45) is 7.72. The standard InChI is InChI=1S/C23H30ClN3O2/c1-28-21-13-19-20(14-22(21)29-2)27(18-10-5-3-4-6-11-18)15-25-23(19)26-17-9-7-8-16(24)12-17/h7-9,12-14,18,23,25-26H,3-6,10-11,15H2,1-2H3. The lowest BCUT2D eigenvalue weighted by atomic mass is 10.0. The average molecular weight is 416 g/mol. The maximum Gasteiger partial charge on any atom is 0.162 e. The van der Waals surface area contributed by atoms with Crippen LogP contribution in [0.5, 0.6) is 11.5 Å². The second-order valence-corrected chi connectivity index (χ2v) is 8.27. The first-order valence-corrected chi connectivity index (χ1v) is 10.9. The van der Waals surface area contributed by atoms with Gasteiger partial charge in [0.2, 0.25) is 0 Å². The molecule has 1 aliphatic carbocycles. The fourth-order valence-corrected chi connectivity index (χ4v) is 4.71. The molecule has 4 rings (SSSR count). The molecule has 1 heterocycles. The highest BCUT2D eigenvalue weighted by Gasteiger charge is 2.31. The van der Waals surface area contributed by atoms with Crippen LogP contribution in [0.1, 0.15) is 50.3 Å². The highest BCUT2D eigenvalue weighted by Crippen LogP contribution is 2.42. The number of nitrogens with zero attached hydrogens (tertiary/aromatic N) is 1. The summed E-state index contributed by atoms with van der Waals surface area (Å²) in [5.41, 5.74) is 3.37. The molecule has 2 aromatic rings. The number of halogens is 1. The van der Waals surface area contributed by atoms with Crippen LogP contribution >= 0.6 is 11.6 Å². The monoisotopic (exact) mass is 415 g/mol. The molecule has 29 heavy (non-hydrogen) atoms. The molecule has 2 aromatic carbocycles. The second kappa shape index (κ2) is 9.14. The highest BCUT2D eigenvalue weighted by atomic mass is 35.5. The van der Waals surface area contributed by atoms with Crippen molar-refractivity contribution in [3.8, 4) is 11.5 Å². The Bertz CT molecular complexity index is 837. The lowest BCUT2D eigenvalue weighted by Crippen LogP contribution is -2.49.